The van der Waals surface area contributed by atoms with Gasteiger partial charge in [-0.25, -0.2) is 9.67 Å². The third kappa shape index (κ3) is 2.45. The van der Waals surface area contributed by atoms with Crippen molar-refractivity contribution in [1.82, 2.24) is 25.2 Å². The molecular formula is C13H14N6S. The fourth-order valence-electron chi connectivity index (χ4n) is 1.85. The lowest BCUT2D eigenvalue weighted by atomic mass is 10.1. The predicted octanol–water partition coefficient (Wildman–Crippen LogP) is 2.20. The predicted molar refractivity (Wildman–Crippen MR) is 77.5 cm³/mol. The maximum absolute atomic E-state index is 6.01. The van der Waals surface area contributed by atoms with Gasteiger partial charge in [-0.3, -0.25) is 0 Å². The van der Waals surface area contributed by atoms with Crippen molar-refractivity contribution in [3.63, 3.8) is 0 Å². The molecule has 0 aliphatic heterocycles. The molecule has 2 aromatic heterocycles. The van der Waals surface area contributed by atoms with Crippen LogP contribution in [0.15, 0.2) is 36.0 Å². The van der Waals surface area contributed by atoms with Crippen molar-refractivity contribution in [1.29, 1.82) is 0 Å². The van der Waals surface area contributed by atoms with Gasteiger partial charge in [-0.2, -0.15) is 0 Å². The molecule has 102 valence electrons. The first kappa shape index (κ1) is 12.9. The lowest BCUT2D eigenvalue weighted by Crippen LogP contribution is -2.07. The highest BCUT2D eigenvalue weighted by Gasteiger charge is 2.10. The van der Waals surface area contributed by atoms with Crippen LogP contribution in [0.4, 0.5) is 0 Å². The molecule has 0 aliphatic carbocycles. The average molecular weight is 286 g/mol. The Labute approximate surface area is 120 Å². The van der Waals surface area contributed by atoms with E-state index in [4.69, 9.17) is 5.73 Å². The summed E-state index contributed by atoms with van der Waals surface area (Å²) in [6.07, 6.45) is 2.45. The largest absolute Gasteiger partial charge is 0.322 e. The summed E-state index contributed by atoms with van der Waals surface area (Å²) in [5.41, 5.74) is 8.88. The molecule has 2 heterocycles. The first-order valence-electron chi connectivity index (χ1n) is 6.32. The summed E-state index contributed by atoms with van der Waals surface area (Å²) >= 11 is 1.60. The fourth-order valence-corrected chi connectivity index (χ4v) is 2.77. The molecule has 3 rings (SSSR count). The van der Waals surface area contributed by atoms with E-state index in [1.54, 1.807) is 22.3 Å². The van der Waals surface area contributed by atoms with E-state index in [1.165, 1.54) is 0 Å². The van der Waals surface area contributed by atoms with Gasteiger partial charge in [-0.1, -0.05) is 19.1 Å². The Kier molecular flexibility index (Phi) is 3.53. The minimum atomic E-state index is 0.0106. The lowest BCUT2D eigenvalue weighted by molar-refractivity contribution is 0.693. The molecule has 0 amide bonds. The number of hydrogen-bond acceptors (Lipinski definition) is 6. The van der Waals surface area contributed by atoms with Crippen LogP contribution in [0, 0.1) is 0 Å². The van der Waals surface area contributed by atoms with Crippen LogP contribution < -0.4 is 5.73 Å². The Hall–Kier alpha value is -2.12. The number of nitrogens with two attached hydrogens (primary N) is 1. The molecule has 2 N–H and O–H groups in total. The van der Waals surface area contributed by atoms with Crippen LogP contribution in [0.1, 0.15) is 24.4 Å². The lowest BCUT2D eigenvalue weighted by Gasteiger charge is -2.04. The highest BCUT2D eigenvalue weighted by atomic mass is 32.1. The van der Waals surface area contributed by atoms with E-state index in [0.717, 1.165) is 28.4 Å². The van der Waals surface area contributed by atoms with E-state index in [0.29, 0.717) is 0 Å². The van der Waals surface area contributed by atoms with Gasteiger partial charge < -0.3 is 5.73 Å². The summed E-state index contributed by atoms with van der Waals surface area (Å²) in [5, 5.41) is 14.2. The van der Waals surface area contributed by atoms with Crippen molar-refractivity contribution < 1.29 is 0 Å². The molecular weight excluding hydrogens is 272 g/mol. The number of hydrogen-bond donors (Lipinski definition) is 1. The van der Waals surface area contributed by atoms with Crippen molar-refractivity contribution in [3.8, 4) is 16.9 Å². The zero-order chi connectivity index (χ0) is 13.9. The Morgan fingerprint density at radius 1 is 1.40 bits per heavy atom. The van der Waals surface area contributed by atoms with Crippen molar-refractivity contribution >= 4 is 11.3 Å². The van der Waals surface area contributed by atoms with Crippen molar-refractivity contribution in [2.45, 2.75) is 19.4 Å². The molecule has 6 nitrogen and oxygen atoms in total. The summed E-state index contributed by atoms with van der Waals surface area (Å²) in [7, 11) is 0. The average Bonchev–Trinajstić information content (AvgIpc) is 3.18. The maximum Gasteiger partial charge on any atom is 0.143 e. The molecule has 0 bridgehead atoms. The maximum atomic E-state index is 6.01. The first-order chi connectivity index (χ1) is 9.78. The van der Waals surface area contributed by atoms with Crippen LogP contribution in [0.25, 0.3) is 16.9 Å². The number of benzene rings is 1. The number of tetrazole rings is 1. The third-order valence-corrected chi connectivity index (χ3v) is 4.01. The number of aromatic nitrogens is 5. The van der Waals surface area contributed by atoms with Crippen LogP contribution >= 0.6 is 11.3 Å². The van der Waals surface area contributed by atoms with Crippen molar-refractivity contribution in [2.75, 3.05) is 0 Å². The summed E-state index contributed by atoms with van der Waals surface area (Å²) in [4.78, 5) is 4.61. The molecule has 0 spiro atoms. The molecule has 1 atom stereocenters. The van der Waals surface area contributed by atoms with E-state index in [-0.39, 0.29) is 6.04 Å². The molecule has 1 unspecified atom stereocenters. The Bertz CT molecular complexity index is 690. The molecule has 1 aromatic carbocycles. The SMILES string of the molecule is CCC(N)c1nc(-c2cccc(-n3cnnn3)c2)cs1. The Morgan fingerprint density at radius 2 is 2.30 bits per heavy atom. The molecule has 20 heavy (non-hydrogen) atoms. The van der Waals surface area contributed by atoms with Gasteiger partial charge in [0, 0.05) is 10.9 Å². The highest BCUT2D eigenvalue weighted by molar-refractivity contribution is 7.10. The van der Waals surface area contributed by atoms with Crippen molar-refractivity contribution in [2.24, 2.45) is 5.73 Å². The number of thiazole rings is 1. The van der Waals surface area contributed by atoms with Gasteiger partial charge >= 0.3 is 0 Å². The Balaban J connectivity index is 1.94. The van der Waals surface area contributed by atoms with Gasteiger partial charge in [-0.05, 0) is 29.0 Å². The van der Waals surface area contributed by atoms with Crippen LogP contribution in [0.2, 0.25) is 0 Å². The monoisotopic (exact) mass is 286 g/mol. The second kappa shape index (κ2) is 5.48. The smallest absolute Gasteiger partial charge is 0.143 e. The molecule has 7 heteroatoms. The molecule has 0 radical (unpaired) electrons. The molecule has 3 aromatic rings. The number of nitrogens with zero attached hydrogens (tertiary/aromatic N) is 5. The minimum absolute atomic E-state index is 0.0106. The molecule has 0 saturated heterocycles. The third-order valence-electron chi connectivity index (χ3n) is 3.03. The molecule has 0 fully saturated rings. The Morgan fingerprint density at radius 3 is 3.05 bits per heavy atom. The zero-order valence-electron chi connectivity index (χ0n) is 11.0. The first-order valence-corrected chi connectivity index (χ1v) is 7.20. The summed E-state index contributed by atoms with van der Waals surface area (Å²) in [6, 6.07) is 7.95. The standard InChI is InChI=1S/C13H14N6S/c1-2-11(14)13-16-12(7-20-13)9-4-3-5-10(6-9)19-8-15-17-18-19/h3-8,11H,2,14H2,1H3. The summed E-state index contributed by atoms with van der Waals surface area (Å²) < 4.78 is 1.62. The summed E-state index contributed by atoms with van der Waals surface area (Å²) in [5.74, 6) is 0. The van der Waals surface area contributed by atoms with E-state index >= 15 is 0 Å². The van der Waals surface area contributed by atoms with Gasteiger partial charge in [0.05, 0.1) is 17.4 Å². The van der Waals surface area contributed by atoms with E-state index in [2.05, 4.69) is 27.4 Å². The fraction of sp³-hybridized carbons (Fsp3) is 0.231. The van der Waals surface area contributed by atoms with E-state index in [1.807, 2.05) is 29.6 Å². The van der Waals surface area contributed by atoms with Gasteiger partial charge in [0.15, 0.2) is 0 Å². The zero-order valence-corrected chi connectivity index (χ0v) is 11.8. The number of rotatable bonds is 4. The van der Waals surface area contributed by atoms with Crippen LogP contribution in [-0.2, 0) is 0 Å². The molecule has 0 aliphatic rings. The second-order valence-corrected chi connectivity index (χ2v) is 5.28. The van der Waals surface area contributed by atoms with Gasteiger partial charge in [0.25, 0.3) is 0 Å². The topological polar surface area (TPSA) is 82.5 Å². The van der Waals surface area contributed by atoms with Crippen molar-refractivity contribution in [3.05, 3.63) is 41.0 Å². The van der Waals surface area contributed by atoms with E-state index < -0.39 is 0 Å². The molecule has 0 saturated carbocycles. The summed E-state index contributed by atoms with van der Waals surface area (Å²) in [6.45, 7) is 2.06. The highest BCUT2D eigenvalue weighted by Crippen LogP contribution is 2.26. The van der Waals surface area contributed by atoms with Crippen LogP contribution in [-0.4, -0.2) is 25.2 Å². The van der Waals surface area contributed by atoms with Gasteiger partial charge in [0.1, 0.15) is 11.3 Å². The van der Waals surface area contributed by atoms with Gasteiger partial charge in [-0.15, -0.1) is 16.4 Å². The quantitative estimate of drug-likeness (QED) is 0.795. The second-order valence-electron chi connectivity index (χ2n) is 4.39. The van der Waals surface area contributed by atoms with Gasteiger partial charge in [0.2, 0.25) is 0 Å². The van der Waals surface area contributed by atoms with Crippen LogP contribution in [0.5, 0.6) is 0 Å². The van der Waals surface area contributed by atoms with Crippen LogP contribution in [0.3, 0.4) is 0 Å². The normalized spacial score (nSPS) is 12.5. The van der Waals surface area contributed by atoms with E-state index in [9.17, 15) is 0 Å². The minimum Gasteiger partial charge on any atom is -0.322 e.